The lowest BCUT2D eigenvalue weighted by molar-refractivity contribution is 0.0787. The first-order valence-corrected chi connectivity index (χ1v) is 8.85. The van der Waals surface area contributed by atoms with Crippen LogP contribution in [0.2, 0.25) is 0 Å². The molecule has 1 N–H and O–H groups in total. The van der Waals surface area contributed by atoms with Gasteiger partial charge in [-0.3, -0.25) is 9.59 Å². The second kappa shape index (κ2) is 9.48. The smallest absolute Gasteiger partial charge is 0.187 e. The van der Waals surface area contributed by atoms with Gasteiger partial charge in [-0.25, -0.2) is 4.98 Å². The van der Waals surface area contributed by atoms with Crippen molar-refractivity contribution in [1.29, 1.82) is 0 Å². The Labute approximate surface area is 165 Å². The minimum absolute atomic E-state index is 0.141. The minimum atomic E-state index is -0.904. The van der Waals surface area contributed by atoms with Crippen LogP contribution >= 0.6 is 15.9 Å². The molecule has 0 saturated heterocycles. The second-order valence-electron chi connectivity index (χ2n) is 5.63. The number of aliphatic hydroxyl groups excluding tert-OH is 1. The van der Waals surface area contributed by atoms with Gasteiger partial charge in [-0.05, 0) is 46.3 Å². The van der Waals surface area contributed by atoms with Crippen molar-refractivity contribution >= 4 is 27.5 Å². The monoisotopic (exact) mass is 437 g/mol. The first-order valence-electron chi connectivity index (χ1n) is 8.06. The Morgan fingerprint density at radius 2 is 1.67 bits per heavy atom. The van der Waals surface area contributed by atoms with E-state index in [1.165, 1.54) is 27.4 Å². The highest BCUT2D eigenvalue weighted by molar-refractivity contribution is 9.10. The van der Waals surface area contributed by atoms with Crippen LogP contribution in [-0.4, -0.2) is 49.6 Å². The number of hydrogen-bond acceptors (Lipinski definition) is 7. The average molecular weight is 438 g/mol. The lowest BCUT2D eigenvalue weighted by Gasteiger charge is -2.14. The summed E-state index contributed by atoms with van der Waals surface area (Å²) in [6.45, 7) is -0.469. The number of aliphatic hydroxyl groups is 1. The van der Waals surface area contributed by atoms with Crippen molar-refractivity contribution in [3.05, 3.63) is 46.2 Å². The number of aromatic nitrogens is 1. The van der Waals surface area contributed by atoms with Crippen molar-refractivity contribution < 1.29 is 28.9 Å². The molecule has 0 amide bonds. The fourth-order valence-corrected chi connectivity index (χ4v) is 3.00. The van der Waals surface area contributed by atoms with Gasteiger partial charge in [0.05, 0.1) is 33.9 Å². The summed E-state index contributed by atoms with van der Waals surface area (Å²) in [7, 11) is 4.46. The van der Waals surface area contributed by atoms with Gasteiger partial charge in [0.25, 0.3) is 0 Å². The maximum absolute atomic E-state index is 12.6. The van der Waals surface area contributed by atoms with Gasteiger partial charge >= 0.3 is 0 Å². The van der Waals surface area contributed by atoms with E-state index in [9.17, 15) is 14.7 Å². The van der Waals surface area contributed by atoms with E-state index in [0.29, 0.717) is 27.4 Å². The molecule has 27 heavy (non-hydrogen) atoms. The molecule has 1 aromatic carbocycles. The second-order valence-corrected chi connectivity index (χ2v) is 6.38. The molecular weight excluding hydrogens is 418 g/mol. The third kappa shape index (κ3) is 4.84. The number of nitrogens with zero attached hydrogens (tertiary/aromatic N) is 1. The van der Waals surface area contributed by atoms with Crippen LogP contribution in [0, 0.1) is 5.92 Å². The number of carbonyl (C=O) groups is 2. The van der Waals surface area contributed by atoms with E-state index in [-0.39, 0.29) is 17.9 Å². The number of Topliss-reactive ketones (excluding diaryl/α,β-unsaturated/α-hetero) is 2. The first-order chi connectivity index (χ1) is 12.9. The van der Waals surface area contributed by atoms with Crippen molar-refractivity contribution in [2.45, 2.75) is 6.42 Å². The predicted octanol–water partition coefficient (Wildman–Crippen LogP) is 2.93. The van der Waals surface area contributed by atoms with E-state index in [2.05, 4.69) is 20.9 Å². The van der Waals surface area contributed by atoms with E-state index in [0.717, 1.165) is 0 Å². The SMILES string of the molecule is COc1ccc(C(=O)CC(CO)C(=O)c2ccc(OC)c(Br)n2)cc1OC. The number of halogens is 1. The molecule has 2 aromatic rings. The molecule has 0 aliphatic heterocycles. The van der Waals surface area contributed by atoms with Crippen molar-refractivity contribution in [2.24, 2.45) is 5.92 Å². The lowest BCUT2D eigenvalue weighted by Crippen LogP contribution is -2.23. The number of hydrogen-bond donors (Lipinski definition) is 1. The van der Waals surface area contributed by atoms with E-state index in [1.54, 1.807) is 24.3 Å². The van der Waals surface area contributed by atoms with Crippen LogP contribution < -0.4 is 14.2 Å². The molecule has 1 aromatic heterocycles. The normalized spacial score (nSPS) is 11.6. The third-order valence-electron chi connectivity index (χ3n) is 4.02. The van der Waals surface area contributed by atoms with Crippen LogP contribution in [-0.2, 0) is 0 Å². The molecule has 7 nitrogen and oxygen atoms in total. The standard InChI is InChI=1S/C19H20BrNO6/c1-25-15-6-4-11(9-17(15)27-3)14(23)8-12(10-22)18(24)13-5-7-16(26-2)19(20)21-13/h4-7,9,12,22H,8,10H2,1-3H3. The van der Waals surface area contributed by atoms with Crippen LogP contribution in [0.3, 0.4) is 0 Å². The zero-order valence-electron chi connectivity index (χ0n) is 15.2. The van der Waals surface area contributed by atoms with Crippen LogP contribution in [0.1, 0.15) is 27.3 Å². The fraction of sp³-hybridized carbons (Fsp3) is 0.316. The zero-order chi connectivity index (χ0) is 20.0. The number of pyridine rings is 1. The lowest BCUT2D eigenvalue weighted by atomic mass is 9.93. The Morgan fingerprint density at radius 1 is 1.04 bits per heavy atom. The molecule has 0 aliphatic rings. The summed E-state index contributed by atoms with van der Waals surface area (Å²) in [6.07, 6.45) is -0.157. The molecule has 1 heterocycles. The number of rotatable bonds is 9. The molecule has 1 atom stereocenters. The number of ketones is 2. The molecule has 0 saturated carbocycles. The highest BCUT2D eigenvalue weighted by atomic mass is 79.9. The number of ether oxygens (including phenoxy) is 3. The molecule has 0 radical (unpaired) electrons. The van der Waals surface area contributed by atoms with Gasteiger partial charge < -0.3 is 19.3 Å². The molecule has 1 unspecified atom stereocenters. The van der Waals surface area contributed by atoms with E-state index >= 15 is 0 Å². The van der Waals surface area contributed by atoms with Gasteiger partial charge in [0.15, 0.2) is 28.8 Å². The number of benzene rings is 1. The van der Waals surface area contributed by atoms with Crippen LogP contribution in [0.25, 0.3) is 0 Å². The van der Waals surface area contributed by atoms with Gasteiger partial charge in [-0.2, -0.15) is 0 Å². The summed E-state index contributed by atoms with van der Waals surface area (Å²) in [6, 6.07) is 7.83. The summed E-state index contributed by atoms with van der Waals surface area (Å²) < 4.78 is 15.8. The highest BCUT2D eigenvalue weighted by Crippen LogP contribution is 2.29. The number of carbonyl (C=O) groups excluding carboxylic acids is 2. The largest absolute Gasteiger partial charge is 0.494 e. The van der Waals surface area contributed by atoms with Crippen molar-refractivity contribution in [2.75, 3.05) is 27.9 Å². The van der Waals surface area contributed by atoms with Gasteiger partial charge in [0.1, 0.15) is 10.3 Å². The average Bonchev–Trinajstić information content (AvgIpc) is 2.70. The van der Waals surface area contributed by atoms with Crippen molar-refractivity contribution in [1.82, 2.24) is 4.98 Å². The van der Waals surface area contributed by atoms with Gasteiger partial charge in [-0.15, -0.1) is 0 Å². The fourth-order valence-electron chi connectivity index (χ4n) is 2.51. The maximum atomic E-state index is 12.6. The summed E-state index contributed by atoms with van der Waals surface area (Å²) in [4.78, 5) is 29.3. The summed E-state index contributed by atoms with van der Waals surface area (Å²) in [5.41, 5.74) is 0.504. The predicted molar refractivity (Wildman–Crippen MR) is 102 cm³/mol. The van der Waals surface area contributed by atoms with E-state index < -0.39 is 18.3 Å². The highest BCUT2D eigenvalue weighted by Gasteiger charge is 2.25. The van der Waals surface area contributed by atoms with Crippen molar-refractivity contribution in [3.63, 3.8) is 0 Å². The summed E-state index contributed by atoms with van der Waals surface area (Å²) in [5, 5.41) is 9.62. The van der Waals surface area contributed by atoms with Gasteiger partial charge in [0.2, 0.25) is 0 Å². The van der Waals surface area contributed by atoms with Crippen LogP contribution in [0.4, 0.5) is 0 Å². The van der Waals surface area contributed by atoms with Crippen molar-refractivity contribution in [3.8, 4) is 17.2 Å². The zero-order valence-corrected chi connectivity index (χ0v) is 16.8. The molecule has 0 spiro atoms. The molecule has 0 fully saturated rings. The molecule has 0 aliphatic carbocycles. The number of methoxy groups -OCH3 is 3. The Kier molecular flexibility index (Phi) is 7.32. The summed E-state index contributed by atoms with van der Waals surface area (Å²) in [5.74, 6) is -0.232. The quantitative estimate of drug-likeness (QED) is 0.475. The van der Waals surface area contributed by atoms with E-state index in [1.807, 2.05) is 0 Å². The first kappa shape index (κ1) is 20.9. The maximum Gasteiger partial charge on any atom is 0.187 e. The molecular formula is C19H20BrNO6. The molecule has 2 rings (SSSR count). The Morgan fingerprint density at radius 3 is 2.22 bits per heavy atom. The summed E-state index contributed by atoms with van der Waals surface area (Å²) >= 11 is 3.22. The molecule has 0 bridgehead atoms. The molecule has 8 heteroatoms. The van der Waals surface area contributed by atoms with Crippen LogP contribution in [0.5, 0.6) is 17.2 Å². The van der Waals surface area contributed by atoms with Crippen LogP contribution in [0.15, 0.2) is 34.9 Å². The Hall–Kier alpha value is -2.45. The topological polar surface area (TPSA) is 95.0 Å². The third-order valence-corrected chi connectivity index (χ3v) is 4.58. The van der Waals surface area contributed by atoms with Gasteiger partial charge in [0, 0.05) is 12.0 Å². The minimum Gasteiger partial charge on any atom is -0.494 e. The Balaban J connectivity index is 2.19. The van der Waals surface area contributed by atoms with Gasteiger partial charge in [-0.1, -0.05) is 0 Å². The Bertz CT molecular complexity index is 839. The molecule has 144 valence electrons. The van der Waals surface area contributed by atoms with E-state index in [4.69, 9.17) is 14.2 Å².